The lowest BCUT2D eigenvalue weighted by atomic mass is 10.1. The van der Waals surface area contributed by atoms with Gasteiger partial charge in [-0.3, -0.25) is 4.90 Å². The fourth-order valence-corrected chi connectivity index (χ4v) is 2.16. The summed E-state index contributed by atoms with van der Waals surface area (Å²) in [5.74, 6) is 0. The highest BCUT2D eigenvalue weighted by molar-refractivity contribution is 5.90. The van der Waals surface area contributed by atoms with Crippen molar-refractivity contribution in [3.05, 3.63) is 29.8 Å². The summed E-state index contributed by atoms with van der Waals surface area (Å²) in [7, 11) is 0. The Morgan fingerprint density at radius 1 is 1.23 bits per heavy atom. The molecule has 0 atom stereocenters. The van der Waals surface area contributed by atoms with E-state index in [1.54, 1.807) is 0 Å². The van der Waals surface area contributed by atoms with Crippen LogP contribution in [0.4, 0.5) is 23.7 Å². The molecule has 8 heteroatoms. The molecular formula is C14H18F3N3O2. The van der Waals surface area contributed by atoms with Crippen LogP contribution in [0, 0.1) is 0 Å². The number of benzene rings is 1. The van der Waals surface area contributed by atoms with E-state index >= 15 is 0 Å². The van der Waals surface area contributed by atoms with Crippen LogP contribution in [0.25, 0.3) is 0 Å². The number of urea groups is 1. The Bertz CT molecular complexity index is 502. The van der Waals surface area contributed by atoms with Crippen molar-refractivity contribution in [1.29, 1.82) is 0 Å². The minimum Gasteiger partial charge on any atom is -0.379 e. The van der Waals surface area contributed by atoms with E-state index in [0.717, 1.165) is 19.2 Å². The molecule has 1 aliphatic rings. The number of hydrogen-bond donors (Lipinski definition) is 2. The molecule has 2 rings (SSSR count). The number of nitrogens with zero attached hydrogens (tertiary/aromatic N) is 1. The monoisotopic (exact) mass is 317 g/mol. The van der Waals surface area contributed by atoms with E-state index in [9.17, 15) is 18.0 Å². The highest BCUT2D eigenvalue weighted by atomic mass is 19.4. The van der Waals surface area contributed by atoms with Crippen LogP contribution >= 0.6 is 0 Å². The molecule has 1 saturated heterocycles. The fourth-order valence-electron chi connectivity index (χ4n) is 2.16. The number of carbonyl (C=O) groups excluding carboxylic acids is 1. The molecule has 0 saturated carbocycles. The van der Waals surface area contributed by atoms with Crippen LogP contribution in [0.3, 0.4) is 0 Å². The van der Waals surface area contributed by atoms with Gasteiger partial charge in [0, 0.05) is 26.2 Å². The van der Waals surface area contributed by atoms with Crippen LogP contribution in [0.5, 0.6) is 0 Å². The van der Waals surface area contributed by atoms with Crippen LogP contribution in [0.1, 0.15) is 5.56 Å². The molecule has 1 fully saturated rings. The number of para-hydroxylation sites is 1. The predicted molar refractivity (Wildman–Crippen MR) is 75.7 cm³/mol. The number of morpholine rings is 1. The van der Waals surface area contributed by atoms with Crippen LogP contribution in [-0.2, 0) is 10.9 Å². The number of carbonyl (C=O) groups is 1. The third-order valence-corrected chi connectivity index (χ3v) is 3.30. The molecule has 1 aromatic carbocycles. The molecular weight excluding hydrogens is 299 g/mol. The number of alkyl halides is 3. The Balaban J connectivity index is 1.82. The Morgan fingerprint density at radius 3 is 2.59 bits per heavy atom. The van der Waals surface area contributed by atoms with E-state index in [1.165, 1.54) is 18.2 Å². The molecule has 1 aromatic rings. The van der Waals surface area contributed by atoms with Crippen LogP contribution in [0.2, 0.25) is 0 Å². The van der Waals surface area contributed by atoms with Crippen LogP contribution < -0.4 is 10.6 Å². The number of nitrogens with one attached hydrogen (secondary N) is 2. The molecule has 0 aromatic heterocycles. The number of halogens is 3. The zero-order valence-electron chi connectivity index (χ0n) is 11.9. The topological polar surface area (TPSA) is 53.6 Å². The van der Waals surface area contributed by atoms with E-state index in [2.05, 4.69) is 15.5 Å². The van der Waals surface area contributed by atoms with Crippen molar-refractivity contribution < 1.29 is 22.7 Å². The lowest BCUT2D eigenvalue weighted by Gasteiger charge is -2.26. The van der Waals surface area contributed by atoms with Gasteiger partial charge in [0.1, 0.15) is 0 Å². The summed E-state index contributed by atoms with van der Waals surface area (Å²) in [6, 6.07) is 4.24. The van der Waals surface area contributed by atoms with Gasteiger partial charge in [0.2, 0.25) is 0 Å². The summed E-state index contributed by atoms with van der Waals surface area (Å²) >= 11 is 0. The minimum absolute atomic E-state index is 0.251. The molecule has 0 spiro atoms. The van der Waals surface area contributed by atoms with Crippen molar-refractivity contribution >= 4 is 11.7 Å². The molecule has 0 aliphatic carbocycles. The Labute approximate surface area is 126 Å². The largest absolute Gasteiger partial charge is 0.418 e. The van der Waals surface area contributed by atoms with Gasteiger partial charge in [0.05, 0.1) is 24.5 Å². The minimum atomic E-state index is -4.50. The first kappa shape index (κ1) is 16.6. The molecule has 122 valence electrons. The SMILES string of the molecule is O=C(NCCN1CCOCC1)Nc1ccccc1C(F)(F)F. The lowest BCUT2D eigenvalue weighted by molar-refractivity contribution is -0.136. The number of rotatable bonds is 4. The van der Waals surface area contributed by atoms with Gasteiger partial charge in [-0.15, -0.1) is 0 Å². The number of ether oxygens (including phenoxy) is 1. The second kappa shape index (κ2) is 7.46. The van der Waals surface area contributed by atoms with Crippen LogP contribution in [0.15, 0.2) is 24.3 Å². The summed E-state index contributed by atoms with van der Waals surface area (Å²) in [5, 5.41) is 4.80. The number of anilines is 1. The lowest BCUT2D eigenvalue weighted by Crippen LogP contribution is -2.42. The van der Waals surface area contributed by atoms with Gasteiger partial charge in [-0.1, -0.05) is 12.1 Å². The second-order valence-electron chi connectivity index (χ2n) is 4.88. The standard InChI is InChI=1S/C14H18F3N3O2/c15-14(16,17)11-3-1-2-4-12(11)19-13(21)18-5-6-20-7-9-22-10-8-20/h1-4H,5-10H2,(H2,18,19,21). The van der Waals surface area contributed by atoms with E-state index in [-0.39, 0.29) is 5.69 Å². The first-order chi connectivity index (χ1) is 10.5. The first-order valence-electron chi connectivity index (χ1n) is 6.98. The quantitative estimate of drug-likeness (QED) is 0.895. The molecule has 0 radical (unpaired) electrons. The maximum atomic E-state index is 12.8. The van der Waals surface area contributed by atoms with Crippen molar-refractivity contribution in [3.8, 4) is 0 Å². The molecule has 1 heterocycles. The first-order valence-corrected chi connectivity index (χ1v) is 6.98. The van der Waals surface area contributed by atoms with Crippen molar-refractivity contribution in [2.45, 2.75) is 6.18 Å². The maximum absolute atomic E-state index is 12.8. The normalized spacial score (nSPS) is 16.3. The van der Waals surface area contributed by atoms with Gasteiger partial charge in [-0.25, -0.2) is 4.79 Å². The van der Waals surface area contributed by atoms with Gasteiger partial charge < -0.3 is 15.4 Å². The second-order valence-corrected chi connectivity index (χ2v) is 4.88. The third kappa shape index (κ3) is 4.88. The highest BCUT2D eigenvalue weighted by Gasteiger charge is 2.33. The summed E-state index contributed by atoms with van der Waals surface area (Å²) in [5.41, 5.74) is -1.11. The van der Waals surface area contributed by atoms with Crippen molar-refractivity contribution in [2.24, 2.45) is 0 Å². The van der Waals surface area contributed by atoms with Crippen molar-refractivity contribution in [3.63, 3.8) is 0 Å². The van der Waals surface area contributed by atoms with Crippen LogP contribution in [-0.4, -0.2) is 50.3 Å². The molecule has 5 nitrogen and oxygen atoms in total. The molecule has 2 N–H and O–H groups in total. The van der Waals surface area contributed by atoms with Crippen molar-refractivity contribution in [1.82, 2.24) is 10.2 Å². The molecule has 1 aliphatic heterocycles. The maximum Gasteiger partial charge on any atom is 0.418 e. The van der Waals surface area contributed by atoms with Gasteiger partial charge in [-0.05, 0) is 12.1 Å². The molecule has 2 amide bonds. The van der Waals surface area contributed by atoms with Gasteiger partial charge in [0.15, 0.2) is 0 Å². The van der Waals surface area contributed by atoms with Crippen molar-refractivity contribution in [2.75, 3.05) is 44.7 Å². The predicted octanol–water partition coefficient (Wildman–Crippen LogP) is 2.16. The summed E-state index contributed by atoms with van der Waals surface area (Å²) in [6.45, 7) is 3.90. The molecule has 22 heavy (non-hydrogen) atoms. The Kier molecular flexibility index (Phi) is 5.62. The van der Waals surface area contributed by atoms with Gasteiger partial charge in [-0.2, -0.15) is 13.2 Å². The summed E-state index contributed by atoms with van der Waals surface area (Å²) < 4.78 is 43.6. The van der Waals surface area contributed by atoms with E-state index < -0.39 is 17.8 Å². The zero-order chi connectivity index (χ0) is 16.0. The Morgan fingerprint density at radius 2 is 1.91 bits per heavy atom. The third-order valence-electron chi connectivity index (χ3n) is 3.30. The average Bonchev–Trinajstić information content (AvgIpc) is 2.48. The molecule has 0 bridgehead atoms. The highest BCUT2D eigenvalue weighted by Crippen LogP contribution is 2.34. The summed E-state index contributed by atoms with van der Waals surface area (Å²) in [6.07, 6.45) is -4.50. The van der Waals surface area contributed by atoms with E-state index in [4.69, 9.17) is 4.74 Å². The summed E-state index contributed by atoms with van der Waals surface area (Å²) in [4.78, 5) is 13.8. The van der Waals surface area contributed by atoms with Gasteiger partial charge >= 0.3 is 12.2 Å². The average molecular weight is 317 g/mol. The van der Waals surface area contributed by atoms with E-state index in [0.29, 0.717) is 26.3 Å². The van der Waals surface area contributed by atoms with Gasteiger partial charge in [0.25, 0.3) is 0 Å². The number of amides is 2. The number of hydrogen-bond acceptors (Lipinski definition) is 3. The van der Waals surface area contributed by atoms with E-state index in [1.807, 2.05) is 0 Å². The fraction of sp³-hybridized carbons (Fsp3) is 0.500. The zero-order valence-corrected chi connectivity index (χ0v) is 11.9. The Hall–Kier alpha value is -1.80. The molecule has 0 unspecified atom stereocenters. The smallest absolute Gasteiger partial charge is 0.379 e.